The van der Waals surface area contributed by atoms with Crippen molar-refractivity contribution in [1.82, 2.24) is 5.32 Å². The SMILES string of the molecule is C[C@H](NC(=O)/C=C/c1ccccc1[N+](=O)[O-])c1ccccc1Br. The smallest absolute Gasteiger partial charge is 0.276 e. The third-order valence-corrected chi connectivity index (χ3v) is 4.00. The second-order valence-corrected chi connectivity index (χ2v) is 5.76. The van der Waals surface area contributed by atoms with Gasteiger partial charge in [-0.3, -0.25) is 14.9 Å². The Balaban J connectivity index is 2.08. The summed E-state index contributed by atoms with van der Waals surface area (Å²) < 4.78 is 0.912. The number of halogens is 1. The van der Waals surface area contributed by atoms with Gasteiger partial charge in [-0.25, -0.2) is 0 Å². The van der Waals surface area contributed by atoms with Gasteiger partial charge in [-0.2, -0.15) is 0 Å². The van der Waals surface area contributed by atoms with Gasteiger partial charge in [0.05, 0.1) is 16.5 Å². The number of rotatable bonds is 5. The van der Waals surface area contributed by atoms with Gasteiger partial charge < -0.3 is 5.32 Å². The molecule has 23 heavy (non-hydrogen) atoms. The highest BCUT2D eigenvalue weighted by atomic mass is 79.9. The van der Waals surface area contributed by atoms with Gasteiger partial charge in [-0.05, 0) is 30.7 Å². The van der Waals surface area contributed by atoms with Crippen LogP contribution in [0.5, 0.6) is 0 Å². The Hall–Kier alpha value is -2.47. The molecule has 2 aromatic rings. The van der Waals surface area contributed by atoms with Crippen molar-refractivity contribution < 1.29 is 9.72 Å². The zero-order valence-electron chi connectivity index (χ0n) is 12.4. The van der Waals surface area contributed by atoms with Crippen LogP contribution in [0.1, 0.15) is 24.1 Å². The first-order valence-electron chi connectivity index (χ1n) is 6.95. The van der Waals surface area contributed by atoms with Crippen LogP contribution in [0.3, 0.4) is 0 Å². The molecule has 0 saturated carbocycles. The molecule has 0 unspecified atom stereocenters. The van der Waals surface area contributed by atoms with Gasteiger partial charge in [-0.1, -0.05) is 46.3 Å². The number of nitrogens with zero attached hydrogens (tertiary/aromatic N) is 1. The van der Waals surface area contributed by atoms with Crippen LogP contribution in [0.15, 0.2) is 59.1 Å². The maximum atomic E-state index is 12.0. The Morgan fingerprint density at radius 3 is 2.57 bits per heavy atom. The van der Waals surface area contributed by atoms with Gasteiger partial charge >= 0.3 is 0 Å². The van der Waals surface area contributed by atoms with E-state index in [1.54, 1.807) is 18.2 Å². The number of nitro benzene ring substituents is 1. The van der Waals surface area contributed by atoms with E-state index >= 15 is 0 Å². The van der Waals surface area contributed by atoms with Gasteiger partial charge in [0, 0.05) is 16.6 Å². The van der Waals surface area contributed by atoms with Crippen molar-refractivity contribution in [2.24, 2.45) is 0 Å². The monoisotopic (exact) mass is 374 g/mol. The minimum Gasteiger partial charge on any atom is -0.346 e. The van der Waals surface area contributed by atoms with Crippen LogP contribution < -0.4 is 5.32 Å². The van der Waals surface area contributed by atoms with Crippen molar-refractivity contribution in [2.45, 2.75) is 13.0 Å². The molecule has 2 aromatic carbocycles. The van der Waals surface area contributed by atoms with E-state index in [4.69, 9.17) is 0 Å². The number of carbonyl (C=O) groups excluding carboxylic acids is 1. The van der Waals surface area contributed by atoms with Gasteiger partial charge in [0.2, 0.25) is 5.91 Å². The molecule has 0 spiro atoms. The molecule has 1 amide bonds. The normalized spacial score (nSPS) is 12.1. The van der Waals surface area contributed by atoms with Crippen LogP contribution >= 0.6 is 15.9 Å². The maximum Gasteiger partial charge on any atom is 0.276 e. The highest BCUT2D eigenvalue weighted by molar-refractivity contribution is 9.10. The summed E-state index contributed by atoms with van der Waals surface area (Å²) in [5.74, 6) is -0.314. The highest BCUT2D eigenvalue weighted by Crippen LogP contribution is 2.23. The molecule has 118 valence electrons. The molecule has 0 heterocycles. The number of benzene rings is 2. The second kappa shape index (κ2) is 7.69. The molecule has 5 nitrogen and oxygen atoms in total. The minimum atomic E-state index is -0.471. The number of nitrogens with one attached hydrogen (secondary N) is 1. The van der Waals surface area contributed by atoms with Crippen molar-refractivity contribution in [3.05, 3.63) is 80.3 Å². The van der Waals surface area contributed by atoms with Crippen molar-refractivity contribution in [2.75, 3.05) is 0 Å². The van der Waals surface area contributed by atoms with Crippen LogP contribution in [0.2, 0.25) is 0 Å². The lowest BCUT2D eigenvalue weighted by atomic mass is 10.1. The summed E-state index contributed by atoms with van der Waals surface area (Å²) in [5.41, 5.74) is 1.32. The molecule has 0 aliphatic rings. The Morgan fingerprint density at radius 1 is 1.22 bits per heavy atom. The van der Waals surface area contributed by atoms with E-state index in [0.29, 0.717) is 5.56 Å². The Labute approximate surface area is 142 Å². The molecule has 6 heteroatoms. The summed E-state index contributed by atoms with van der Waals surface area (Å²) in [5, 5.41) is 13.8. The van der Waals surface area contributed by atoms with E-state index < -0.39 is 4.92 Å². The second-order valence-electron chi connectivity index (χ2n) is 4.90. The van der Waals surface area contributed by atoms with E-state index in [2.05, 4.69) is 21.2 Å². The van der Waals surface area contributed by atoms with Crippen LogP contribution in [-0.2, 0) is 4.79 Å². The van der Waals surface area contributed by atoms with E-state index in [0.717, 1.165) is 10.0 Å². The molecular weight excluding hydrogens is 360 g/mol. The molecule has 0 aromatic heterocycles. The summed E-state index contributed by atoms with van der Waals surface area (Å²) in [6.45, 7) is 1.87. The fourth-order valence-corrected chi connectivity index (χ4v) is 2.75. The quantitative estimate of drug-likeness (QED) is 0.483. The molecule has 1 N–H and O–H groups in total. The van der Waals surface area contributed by atoms with Crippen molar-refractivity contribution in [3.8, 4) is 0 Å². The largest absolute Gasteiger partial charge is 0.346 e. The van der Waals surface area contributed by atoms with Crippen molar-refractivity contribution >= 4 is 33.6 Å². The summed E-state index contributed by atoms with van der Waals surface area (Å²) in [7, 11) is 0. The fourth-order valence-electron chi connectivity index (χ4n) is 2.13. The first kappa shape index (κ1) is 16.9. The molecule has 0 saturated heterocycles. The molecule has 0 aliphatic carbocycles. The van der Waals surface area contributed by atoms with Crippen molar-refractivity contribution in [1.29, 1.82) is 0 Å². The van der Waals surface area contributed by atoms with Crippen LogP contribution in [0, 0.1) is 10.1 Å². The average Bonchev–Trinajstić information content (AvgIpc) is 2.53. The maximum absolute atomic E-state index is 12.0. The lowest BCUT2D eigenvalue weighted by Crippen LogP contribution is -2.24. The number of nitro groups is 1. The summed E-state index contributed by atoms with van der Waals surface area (Å²) in [6, 6.07) is 13.7. The first-order chi connectivity index (χ1) is 11.0. The number of amides is 1. The Morgan fingerprint density at radius 2 is 1.87 bits per heavy atom. The van der Waals surface area contributed by atoms with Crippen LogP contribution in [0.4, 0.5) is 5.69 Å². The van der Waals surface area contributed by atoms with E-state index in [-0.39, 0.29) is 17.6 Å². The number of hydrogen-bond donors (Lipinski definition) is 1. The zero-order valence-corrected chi connectivity index (χ0v) is 14.0. The topological polar surface area (TPSA) is 72.2 Å². The van der Waals surface area contributed by atoms with E-state index in [1.165, 1.54) is 18.2 Å². The Bertz CT molecular complexity index is 759. The van der Waals surface area contributed by atoms with Gasteiger partial charge in [0.15, 0.2) is 0 Å². The summed E-state index contributed by atoms with van der Waals surface area (Å²) >= 11 is 3.44. The number of hydrogen-bond acceptors (Lipinski definition) is 3. The molecular formula is C17H15BrN2O3. The number of para-hydroxylation sites is 1. The zero-order chi connectivity index (χ0) is 16.8. The summed E-state index contributed by atoms with van der Waals surface area (Å²) in [4.78, 5) is 22.5. The number of carbonyl (C=O) groups is 1. The fraction of sp³-hybridized carbons (Fsp3) is 0.118. The van der Waals surface area contributed by atoms with E-state index in [1.807, 2.05) is 31.2 Å². The standard InChI is InChI=1S/C17H15BrN2O3/c1-12(14-7-3-4-8-15(14)18)19-17(21)11-10-13-6-2-5-9-16(13)20(22)23/h2-12H,1H3,(H,19,21)/b11-10+/t12-/m0/s1. The van der Waals surface area contributed by atoms with E-state index in [9.17, 15) is 14.9 Å². The Kier molecular flexibility index (Phi) is 5.65. The van der Waals surface area contributed by atoms with Crippen LogP contribution in [-0.4, -0.2) is 10.8 Å². The third-order valence-electron chi connectivity index (χ3n) is 3.28. The predicted octanol–water partition coefficient (Wildman–Crippen LogP) is 4.25. The molecule has 0 fully saturated rings. The molecule has 1 atom stereocenters. The lowest BCUT2D eigenvalue weighted by molar-refractivity contribution is -0.385. The molecule has 0 aliphatic heterocycles. The first-order valence-corrected chi connectivity index (χ1v) is 7.74. The van der Waals surface area contributed by atoms with Crippen molar-refractivity contribution in [3.63, 3.8) is 0 Å². The third kappa shape index (κ3) is 4.50. The van der Waals surface area contributed by atoms with Gasteiger partial charge in [-0.15, -0.1) is 0 Å². The lowest BCUT2D eigenvalue weighted by Gasteiger charge is -2.14. The predicted molar refractivity (Wildman–Crippen MR) is 92.8 cm³/mol. The highest BCUT2D eigenvalue weighted by Gasteiger charge is 2.12. The average molecular weight is 375 g/mol. The van der Waals surface area contributed by atoms with Gasteiger partial charge in [0.1, 0.15) is 0 Å². The molecule has 0 bridgehead atoms. The van der Waals surface area contributed by atoms with Crippen LogP contribution in [0.25, 0.3) is 6.08 Å². The minimum absolute atomic E-state index is 0.0320. The summed E-state index contributed by atoms with van der Waals surface area (Å²) in [6.07, 6.45) is 2.75. The van der Waals surface area contributed by atoms with Gasteiger partial charge in [0.25, 0.3) is 5.69 Å². The molecule has 0 radical (unpaired) electrons. The molecule has 2 rings (SSSR count).